The Labute approximate surface area is 179 Å². The van der Waals surface area contributed by atoms with Crippen LogP contribution in [0.15, 0.2) is 17.1 Å². The molecular weight excluding hydrogens is 466 g/mol. The molecule has 0 heterocycles. The summed E-state index contributed by atoms with van der Waals surface area (Å²) >= 11 is -0.826. The van der Waals surface area contributed by atoms with Crippen molar-refractivity contribution >= 4 is 28.9 Å². The Bertz CT molecular complexity index is 712. The van der Waals surface area contributed by atoms with Gasteiger partial charge in [0.1, 0.15) is 5.75 Å². The van der Waals surface area contributed by atoms with E-state index < -0.39 is 25.8 Å². The molecule has 0 radical (unpaired) electrons. The molecular formula is C19H26Cl2N2O3Zr. The minimum absolute atomic E-state index is 0.0127. The third-order valence-corrected chi connectivity index (χ3v) is 6.05. The van der Waals surface area contributed by atoms with Crippen molar-refractivity contribution in [1.82, 2.24) is 0 Å². The van der Waals surface area contributed by atoms with E-state index >= 15 is 0 Å². The number of halogens is 2. The average Bonchev–Trinajstić information content (AvgIpc) is 3.24. The topological polar surface area (TPSA) is 75.7 Å². The molecule has 1 N–H and O–H groups in total. The van der Waals surface area contributed by atoms with Crippen LogP contribution in [-0.2, 0) is 26.3 Å². The summed E-state index contributed by atoms with van der Waals surface area (Å²) in [5.41, 5.74) is 0.765. The number of hydrogen-bond donors (Lipinski definition) is 1. The molecule has 2 aliphatic rings. The van der Waals surface area contributed by atoms with Gasteiger partial charge in [0.15, 0.2) is 0 Å². The molecule has 2 saturated carbocycles. The molecule has 0 amide bonds. The first-order valence-corrected chi connectivity index (χ1v) is 15.6. The molecule has 0 aliphatic heterocycles. The number of phenols is 1. The molecule has 3 unspecified atom stereocenters. The maximum absolute atomic E-state index is 11.3. The van der Waals surface area contributed by atoms with Crippen molar-refractivity contribution in [2.45, 2.75) is 64.3 Å². The number of nitrogens with zero attached hydrogens (tertiary/aromatic N) is 2. The molecule has 1 aromatic rings. The monoisotopic (exact) mass is 490 g/mol. The number of hydrogen-bond acceptors (Lipinski definition) is 4. The SMILES string of the molecule is CCC(C)(C)c1cc([N+](=O)[O-])cc(C=NC2CC3CCC2C3)c1O.[Cl][Zr][Cl]. The Morgan fingerprint density at radius 2 is 2.04 bits per heavy atom. The third-order valence-electron chi connectivity index (χ3n) is 6.05. The number of nitro benzene ring substituents is 1. The van der Waals surface area contributed by atoms with Crippen LogP contribution in [0, 0.1) is 22.0 Å². The van der Waals surface area contributed by atoms with Gasteiger partial charge in [0.2, 0.25) is 0 Å². The molecule has 0 aromatic heterocycles. The van der Waals surface area contributed by atoms with Crippen molar-refractivity contribution in [3.8, 4) is 5.75 Å². The van der Waals surface area contributed by atoms with Crippen LogP contribution in [-0.4, -0.2) is 22.3 Å². The van der Waals surface area contributed by atoms with Crippen molar-refractivity contribution in [1.29, 1.82) is 0 Å². The van der Waals surface area contributed by atoms with E-state index in [1.807, 2.05) is 20.8 Å². The fraction of sp³-hybridized carbons (Fsp3) is 0.632. The first kappa shape index (κ1) is 22.8. The first-order chi connectivity index (χ1) is 12.7. The van der Waals surface area contributed by atoms with Gasteiger partial charge in [0.05, 0.1) is 11.0 Å². The summed E-state index contributed by atoms with van der Waals surface area (Å²) in [5, 5.41) is 21.9. The average molecular weight is 493 g/mol. The first-order valence-electron chi connectivity index (χ1n) is 9.24. The molecule has 3 rings (SSSR count). The van der Waals surface area contributed by atoms with E-state index in [1.165, 1.54) is 31.4 Å². The van der Waals surface area contributed by atoms with Crippen LogP contribution in [0.4, 0.5) is 5.69 Å². The predicted octanol–water partition coefficient (Wildman–Crippen LogP) is 5.97. The van der Waals surface area contributed by atoms with Gasteiger partial charge in [0, 0.05) is 29.5 Å². The second-order valence-corrected chi connectivity index (χ2v) is 11.7. The van der Waals surface area contributed by atoms with Crippen molar-refractivity contribution in [2.75, 3.05) is 0 Å². The Hall–Kier alpha value is -0.447. The summed E-state index contributed by atoms with van der Waals surface area (Å²) in [6.45, 7) is 5.99. The van der Waals surface area contributed by atoms with Crippen molar-refractivity contribution in [2.24, 2.45) is 16.8 Å². The molecule has 8 heteroatoms. The van der Waals surface area contributed by atoms with Crippen LogP contribution >= 0.6 is 17.0 Å². The number of fused-ring (bicyclic) bond motifs is 2. The summed E-state index contributed by atoms with van der Waals surface area (Å²) in [7, 11) is 9.87. The zero-order chi connectivity index (χ0) is 20.2. The van der Waals surface area contributed by atoms with E-state index in [0.29, 0.717) is 23.1 Å². The van der Waals surface area contributed by atoms with Crippen molar-refractivity contribution in [3.05, 3.63) is 33.4 Å². The molecule has 3 atom stereocenters. The third kappa shape index (κ3) is 5.55. The van der Waals surface area contributed by atoms with Gasteiger partial charge in [-0.15, -0.1) is 0 Å². The Balaban J connectivity index is 0.000000817. The summed E-state index contributed by atoms with van der Waals surface area (Å²) in [6, 6.07) is 3.24. The summed E-state index contributed by atoms with van der Waals surface area (Å²) < 4.78 is 0. The summed E-state index contributed by atoms with van der Waals surface area (Å²) in [4.78, 5) is 15.6. The molecule has 0 saturated heterocycles. The van der Waals surface area contributed by atoms with Crippen LogP contribution in [0.5, 0.6) is 5.75 Å². The Morgan fingerprint density at radius 3 is 2.52 bits per heavy atom. The van der Waals surface area contributed by atoms with Crippen LogP contribution in [0.25, 0.3) is 0 Å². The fourth-order valence-corrected chi connectivity index (χ4v) is 4.12. The van der Waals surface area contributed by atoms with Crippen LogP contribution in [0.1, 0.15) is 64.0 Å². The van der Waals surface area contributed by atoms with Gasteiger partial charge in [-0.1, -0.05) is 27.2 Å². The maximum atomic E-state index is 11.3. The van der Waals surface area contributed by atoms with E-state index in [1.54, 1.807) is 6.21 Å². The second kappa shape index (κ2) is 9.85. The van der Waals surface area contributed by atoms with Crippen LogP contribution in [0.2, 0.25) is 0 Å². The van der Waals surface area contributed by atoms with Gasteiger partial charge in [-0.05, 0) is 42.9 Å². The predicted molar refractivity (Wildman–Crippen MR) is 107 cm³/mol. The number of aromatic hydroxyl groups is 1. The molecule has 148 valence electrons. The van der Waals surface area contributed by atoms with Gasteiger partial charge in [-0.3, -0.25) is 15.1 Å². The van der Waals surface area contributed by atoms with Crippen LogP contribution < -0.4 is 0 Å². The standard InChI is InChI=1S/C19H26N2O3.2ClH.Zr/c1-4-19(2,3)16-10-15(21(23)24)9-14(18(16)22)11-20-17-8-12-5-6-13(17)7-12;;;/h9-13,17,22H,4-8H2,1-3H3;2*1H;/q;;;+2/p-2. The zero-order valence-electron chi connectivity index (χ0n) is 15.9. The quantitative estimate of drug-likeness (QED) is 0.313. The number of rotatable bonds is 5. The molecule has 27 heavy (non-hydrogen) atoms. The van der Waals surface area contributed by atoms with Gasteiger partial charge < -0.3 is 5.11 Å². The molecule has 2 bridgehead atoms. The number of aliphatic imine (C=N–C) groups is 1. The molecule has 2 aliphatic carbocycles. The van der Waals surface area contributed by atoms with Crippen molar-refractivity contribution < 1.29 is 30.9 Å². The van der Waals surface area contributed by atoms with Crippen molar-refractivity contribution in [3.63, 3.8) is 0 Å². The second-order valence-electron chi connectivity index (χ2n) is 8.02. The zero-order valence-corrected chi connectivity index (χ0v) is 19.9. The van der Waals surface area contributed by atoms with Gasteiger partial charge in [0.25, 0.3) is 5.69 Å². The summed E-state index contributed by atoms with van der Waals surface area (Å²) in [6.07, 6.45) is 7.37. The summed E-state index contributed by atoms with van der Waals surface area (Å²) in [5.74, 6) is 1.57. The van der Waals surface area contributed by atoms with Gasteiger partial charge >= 0.3 is 37.9 Å². The van der Waals surface area contributed by atoms with Crippen LogP contribution in [0.3, 0.4) is 0 Å². The Morgan fingerprint density at radius 1 is 1.37 bits per heavy atom. The fourth-order valence-electron chi connectivity index (χ4n) is 4.12. The normalized spacial score (nSPS) is 24.0. The molecule has 0 spiro atoms. The Kier molecular flexibility index (Phi) is 8.33. The number of phenolic OH excluding ortho intramolecular Hbond substituents is 1. The number of nitro groups is 1. The van der Waals surface area contributed by atoms with E-state index in [2.05, 4.69) is 4.99 Å². The number of non-ortho nitro benzene ring substituents is 1. The number of benzene rings is 1. The van der Waals surface area contributed by atoms with E-state index in [4.69, 9.17) is 17.0 Å². The molecule has 5 nitrogen and oxygen atoms in total. The molecule has 1 aromatic carbocycles. The van der Waals surface area contributed by atoms with E-state index in [0.717, 1.165) is 18.8 Å². The van der Waals surface area contributed by atoms with E-state index in [-0.39, 0.29) is 16.9 Å². The minimum atomic E-state index is -0.826. The molecule has 2 fully saturated rings. The van der Waals surface area contributed by atoms with Gasteiger partial charge in [-0.2, -0.15) is 0 Å². The van der Waals surface area contributed by atoms with Gasteiger partial charge in [-0.25, -0.2) is 0 Å². The van der Waals surface area contributed by atoms with E-state index in [9.17, 15) is 15.2 Å².